The zero-order valence-electron chi connectivity index (χ0n) is 10.9. The number of rotatable bonds is 5. The average Bonchev–Trinajstić information content (AvgIpc) is 2.76. The fraction of sp³-hybridized carbons (Fsp3) is 0.615. The Bertz CT molecular complexity index is 346. The van der Waals surface area contributed by atoms with Crippen molar-refractivity contribution < 1.29 is 4.79 Å². The molecule has 1 aromatic rings. The van der Waals surface area contributed by atoms with Crippen LogP contribution in [0.25, 0.3) is 0 Å². The molecule has 96 valence electrons. The van der Waals surface area contributed by atoms with Crippen LogP contribution in [-0.4, -0.2) is 11.9 Å². The molecule has 1 amide bonds. The molecule has 17 heavy (non-hydrogen) atoms. The number of thiophene rings is 1. The van der Waals surface area contributed by atoms with Crippen molar-refractivity contribution in [3.05, 3.63) is 22.4 Å². The van der Waals surface area contributed by atoms with Gasteiger partial charge in [-0.25, -0.2) is 0 Å². The smallest absolute Gasteiger partial charge is 0.237 e. The highest BCUT2D eigenvalue weighted by atomic mass is 32.1. The summed E-state index contributed by atoms with van der Waals surface area (Å²) in [6.07, 6.45) is 0. The molecule has 3 N–H and O–H groups in total. The third-order valence-electron chi connectivity index (χ3n) is 2.84. The van der Waals surface area contributed by atoms with E-state index >= 15 is 0 Å². The van der Waals surface area contributed by atoms with E-state index in [1.165, 1.54) is 4.88 Å². The van der Waals surface area contributed by atoms with Gasteiger partial charge in [-0.1, -0.05) is 33.8 Å². The first-order valence-electron chi connectivity index (χ1n) is 6.02. The van der Waals surface area contributed by atoms with E-state index in [2.05, 4.69) is 25.2 Å². The average molecular weight is 254 g/mol. The van der Waals surface area contributed by atoms with Gasteiger partial charge >= 0.3 is 0 Å². The van der Waals surface area contributed by atoms with Crippen LogP contribution in [0.15, 0.2) is 17.5 Å². The molecule has 4 heteroatoms. The Morgan fingerprint density at radius 2 is 1.94 bits per heavy atom. The summed E-state index contributed by atoms with van der Waals surface area (Å²) in [6.45, 7) is 8.12. The van der Waals surface area contributed by atoms with Crippen LogP contribution in [0.4, 0.5) is 0 Å². The number of carbonyl (C=O) groups is 1. The summed E-state index contributed by atoms with van der Waals surface area (Å²) in [5, 5.41) is 5.07. The molecule has 1 aromatic heterocycles. The molecular formula is C13H22N2OS. The van der Waals surface area contributed by atoms with E-state index in [1.54, 1.807) is 11.3 Å². The minimum absolute atomic E-state index is 0.0623. The van der Waals surface area contributed by atoms with Crippen LogP contribution in [0.1, 0.15) is 38.6 Å². The molecule has 0 aliphatic rings. The quantitative estimate of drug-likeness (QED) is 0.848. The molecule has 0 radical (unpaired) electrons. The summed E-state index contributed by atoms with van der Waals surface area (Å²) < 4.78 is 0. The number of hydrogen-bond donors (Lipinski definition) is 2. The van der Waals surface area contributed by atoms with Gasteiger partial charge in [0.05, 0.1) is 12.1 Å². The maximum Gasteiger partial charge on any atom is 0.237 e. The lowest BCUT2D eigenvalue weighted by Gasteiger charge is -2.24. The lowest BCUT2D eigenvalue weighted by Crippen LogP contribution is -2.46. The summed E-state index contributed by atoms with van der Waals surface area (Å²) >= 11 is 1.67. The summed E-state index contributed by atoms with van der Waals surface area (Å²) in [7, 11) is 0. The van der Waals surface area contributed by atoms with E-state index in [0.717, 1.165) is 0 Å². The van der Waals surface area contributed by atoms with E-state index in [1.807, 2.05) is 25.3 Å². The molecule has 1 rings (SSSR count). The first-order chi connectivity index (χ1) is 7.93. The summed E-state index contributed by atoms with van der Waals surface area (Å²) in [5.74, 6) is 0.454. The minimum atomic E-state index is -0.434. The first kappa shape index (κ1) is 14.2. The Hall–Kier alpha value is -0.870. The SMILES string of the molecule is CC(C)C(N)C(=O)NC(c1cccs1)C(C)C. The number of hydrogen-bond acceptors (Lipinski definition) is 3. The number of nitrogens with two attached hydrogens (primary N) is 1. The third kappa shape index (κ3) is 3.82. The summed E-state index contributed by atoms with van der Waals surface area (Å²) in [4.78, 5) is 13.1. The van der Waals surface area contributed by atoms with Gasteiger partial charge in [0, 0.05) is 4.88 Å². The predicted molar refractivity (Wildman–Crippen MR) is 72.9 cm³/mol. The summed E-state index contributed by atoms with van der Waals surface area (Å²) in [6, 6.07) is 3.68. The molecule has 0 aliphatic heterocycles. The standard InChI is InChI=1S/C13H22N2OS/c1-8(2)11(14)13(16)15-12(9(3)4)10-6-5-7-17-10/h5-9,11-12H,14H2,1-4H3,(H,15,16). The van der Waals surface area contributed by atoms with Crippen LogP contribution in [-0.2, 0) is 4.79 Å². The molecule has 0 saturated carbocycles. The van der Waals surface area contributed by atoms with Gasteiger partial charge in [0.2, 0.25) is 5.91 Å². The topological polar surface area (TPSA) is 55.1 Å². The van der Waals surface area contributed by atoms with Gasteiger partial charge in [-0.15, -0.1) is 11.3 Å². The molecular weight excluding hydrogens is 232 g/mol. The molecule has 0 spiro atoms. The van der Waals surface area contributed by atoms with Crippen LogP contribution in [0.3, 0.4) is 0 Å². The van der Waals surface area contributed by atoms with E-state index in [-0.39, 0.29) is 17.9 Å². The highest BCUT2D eigenvalue weighted by Gasteiger charge is 2.23. The highest BCUT2D eigenvalue weighted by molar-refractivity contribution is 7.10. The maximum atomic E-state index is 12.0. The molecule has 0 fully saturated rings. The van der Waals surface area contributed by atoms with E-state index in [0.29, 0.717) is 5.92 Å². The number of amides is 1. The first-order valence-corrected chi connectivity index (χ1v) is 6.90. The second kappa shape index (κ2) is 6.17. The van der Waals surface area contributed by atoms with Crippen molar-refractivity contribution in [2.45, 2.75) is 39.8 Å². The van der Waals surface area contributed by atoms with Gasteiger partial charge in [-0.05, 0) is 23.3 Å². The molecule has 0 bridgehead atoms. The fourth-order valence-electron chi connectivity index (χ4n) is 1.59. The normalized spacial score (nSPS) is 15.0. The van der Waals surface area contributed by atoms with Gasteiger partial charge in [0.25, 0.3) is 0 Å². The van der Waals surface area contributed by atoms with Crippen molar-refractivity contribution in [3.8, 4) is 0 Å². The Morgan fingerprint density at radius 3 is 2.35 bits per heavy atom. The second-order valence-corrected chi connectivity index (χ2v) is 5.99. The molecule has 2 atom stereocenters. The molecule has 0 aromatic carbocycles. The Kier molecular flexibility index (Phi) is 5.15. The largest absolute Gasteiger partial charge is 0.347 e. The van der Waals surface area contributed by atoms with Gasteiger partial charge in [-0.2, -0.15) is 0 Å². The van der Waals surface area contributed by atoms with Crippen LogP contribution in [0.2, 0.25) is 0 Å². The fourth-order valence-corrected chi connectivity index (χ4v) is 2.54. The van der Waals surface area contributed by atoms with E-state index in [4.69, 9.17) is 5.73 Å². The molecule has 0 saturated heterocycles. The van der Waals surface area contributed by atoms with Gasteiger partial charge < -0.3 is 11.1 Å². The van der Waals surface area contributed by atoms with Gasteiger partial charge in [0.1, 0.15) is 0 Å². The van der Waals surface area contributed by atoms with Gasteiger partial charge in [0.15, 0.2) is 0 Å². The van der Waals surface area contributed by atoms with Crippen LogP contribution in [0.5, 0.6) is 0 Å². The van der Waals surface area contributed by atoms with E-state index in [9.17, 15) is 4.79 Å². The Labute approximate surface area is 107 Å². The van der Waals surface area contributed by atoms with Crippen LogP contribution >= 0.6 is 11.3 Å². The van der Waals surface area contributed by atoms with Crippen molar-refractivity contribution in [1.82, 2.24) is 5.32 Å². The molecule has 0 aliphatic carbocycles. The van der Waals surface area contributed by atoms with Gasteiger partial charge in [-0.3, -0.25) is 4.79 Å². The monoisotopic (exact) mass is 254 g/mol. The van der Waals surface area contributed by atoms with Crippen molar-refractivity contribution >= 4 is 17.2 Å². The lowest BCUT2D eigenvalue weighted by molar-refractivity contribution is -0.124. The van der Waals surface area contributed by atoms with Crippen molar-refractivity contribution in [2.75, 3.05) is 0 Å². The zero-order valence-corrected chi connectivity index (χ0v) is 11.8. The Balaban J connectivity index is 2.72. The summed E-state index contributed by atoms with van der Waals surface area (Å²) in [5.41, 5.74) is 5.85. The Morgan fingerprint density at radius 1 is 1.29 bits per heavy atom. The third-order valence-corrected chi connectivity index (χ3v) is 3.79. The highest BCUT2D eigenvalue weighted by Crippen LogP contribution is 2.25. The number of nitrogens with one attached hydrogen (secondary N) is 1. The molecule has 3 nitrogen and oxygen atoms in total. The van der Waals surface area contributed by atoms with Crippen molar-refractivity contribution in [2.24, 2.45) is 17.6 Å². The molecule has 2 unspecified atom stereocenters. The maximum absolute atomic E-state index is 12.0. The van der Waals surface area contributed by atoms with E-state index < -0.39 is 6.04 Å². The zero-order chi connectivity index (χ0) is 13.0. The molecule has 1 heterocycles. The van der Waals surface area contributed by atoms with Crippen LogP contribution in [0, 0.1) is 11.8 Å². The number of carbonyl (C=O) groups excluding carboxylic acids is 1. The predicted octanol–water partition coefficient (Wildman–Crippen LogP) is 2.54. The second-order valence-electron chi connectivity index (χ2n) is 5.02. The van der Waals surface area contributed by atoms with Crippen molar-refractivity contribution in [3.63, 3.8) is 0 Å². The minimum Gasteiger partial charge on any atom is -0.347 e. The lowest BCUT2D eigenvalue weighted by atomic mass is 10.00. The van der Waals surface area contributed by atoms with Crippen LogP contribution < -0.4 is 11.1 Å². The van der Waals surface area contributed by atoms with Crippen molar-refractivity contribution in [1.29, 1.82) is 0 Å².